The molecule has 1 aromatic carbocycles. The summed E-state index contributed by atoms with van der Waals surface area (Å²) in [6.07, 6.45) is 1.73. The molecule has 2 N–H and O–H groups in total. The third-order valence-corrected chi connectivity index (χ3v) is 3.00. The van der Waals surface area contributed by atoms with Crippen molar-refractivity contribution >= 4 is 0 Å². The SMILES string of the molecule is CCNCCCc1nnc(-c2cccc(O)c2C)o1. The second-order valence-corrected chi connectivity index (χ2v) is 4.41. The number of aryl methyl sites for hydroxylation is 1. The number of hydrogen-bond donors (Lipinski definition) is 2. The number of aromatic nitrogens is 2. The summed E-state index contributed by atoms with van der Waals surface area (Å²) >= 11 is 0. The van der Waals surface area contributed by atoms with Gasteiger partial charge in [0.15, 0.2) is 0 Å². The van der Waals surface area contributed by atoms with Crippen LogP contribution < -0.4 is 5.32 Å². The molecule has 5 nitrogen and oxygen atoms in total. The van der Waals surface area contributed by atoms with Crippen molar-refractivity contribution in [3.05, 3.63) is 29.7 Å². The van der Waals surface area contributed by atoms with E-state index < -0.39 is 0 Å². The fourth-order valence-electron chi connectivity index (χ4n) is 1.86. The zero-order valence-corrected chi connectivity index (χ0v) is 11.3. The highest BCUT2D eigenvalue weighted by atomic mass is 16.4. The number of nitrogens with one attached hydrogen (secondary N) is 1. The van der Waals surface area contributed by atoms with E-state index in [0.717, 1.165) is 37.1 Å². The quantitative estimate of drug-likeness (QED) is 0.781. The first-order valence-electron chi connectivity index (χ1n) is 6.54. The summed E-state index contributed by atoms with van der Waals surface area (Å²) in [4.78, 5) is 0. The van der Waals surface area contributed by atoms with Crippen molar-refractivity contribution in [2.24, 2.45) is 0 Å². The monoisotopic (exact) mass is 261 g/mol. The molecule has 0 saturated heterocycles. The number of nitrogens with zero attached hydrogens (tertiary/aromatic N) is 2. The van der Waals surface area contributed by atoms with Gasteiger partial charge >= 0.3 is 0 Å². The van der Waals surface area contributed by atoms with Crippen LogP contribution in [0.4, 0.5) is 0 Å². The number of phenolic OH excluding ortho intramolecular Hbond substituents is 1. The average Bonchev–Trinajstić information content (AvgIpc) is 2.87. The van der Waals surface area contributed by atoms with Crippen molar-refractivity contribution in [1.29, 1.82) is 0 Å². The van der Waals surface area contributed by atoms with Gasteiger partial charge in [-0.2, -0.15) is 0 Å². The average molecular weight is 261 g/mol. The molecule has 0 spiro atoms. The topological polar surface area (TPSA) is 71.2 Å². The number of phenols is 1. The fraction of sp³-hybridized carbons (Fsp3) is 0.429. The number of rotatable bonds is 6. The maximum atomic E-state index is 9.67. The maximum absolute atomic E-state index is 9.67. The Morgan fingerprint density at radius 2 is 2.16 bits per heavy atom. The zero-order valence-electron chi connectivity index (χ0n) is 11.3. The van der Waals surface area contributed by atoms with Gasteiger partial charge in [-0.1, -0.05) is 13.0 Å². The molecule has 0 aliphatic carbocycles. The van der Waals surface area contributed by atoms with Crippen LogP contribution in [0.5, 0.6) is 5.75 Å². The van der Waals surface area contributed by atoms with E-state index in [1.54, 1.807) is 12.1 Å². The molecule has 2 aromatic rings. The summed E-state index contributed by atoms with van der Waals surface area (Å²) in [5.74, 6) is 1.34. The molecule has 0 fully saturated rings. The van der Waals surface area contributed by atoms with Crippen molar-refractivity contribution in [3.63, 3.8) is 0 Å². The van der Waals surface area contributed by atoms with Gasteiger partial charge in [-0.3, -0.25) is 0 Å². The van der Waals surface area contributed by atoms with E-state index in [9.17, 15) is 5.11 Å². The first kappa shape index (κ1) is 13.5. The van der Waals surface area contributed by atoms with Crippen molar-refractivity contribution in [3.8, 4) is 17.2 Å². The Hall–Kier alpha value is -1.88. The summed E-state index contributed by atoms with van der Waals surface area (Å²) in [6.45, 7) is 5.83. The lowest BCUT2D eigenvalue weighted by molar-refractivity contribution is 0.469. The van der Waals surface area contributed by atoms with Crippen molar-refractivity contribution in [2.75, 3.05) is 13.1 Å². The Morgan fingerprint density at radius 3 is 2.95 bits per heavy atom. The lowest BCUT2D eigenvalue weighted by Crippen LogP contribution is -2.14. The van der Waals surface area contributed by atoms with E-state index in [4.69, 9.17) is 4.42 Å². The molecule has 5 heteroatoms. The van der Waals surface area contributed by atoms with Crippen LogP contribution in [0.15, 0.2) is 22.6 Å². The Labute approximate surface area is 112 Å². The van der Waals surface area contributed by atoms with Gasteiger partial charge in [-0.25, -0.2) is 0 Å². The number of benzene rings is 1. The van der Waals surface area contributed by atoms with Gasteiger partial charge in [0.2, 0.25) is 11.8 Å². The van der Waals surface area contributed by atoms with Gasteiger partial charge in [-0.15, -0.1) is 10.2 Å². The molecule has 0 aliphatic rings. The summed E-state index contributed by atoms with van der Waals surface area (Å²) in [7, 11) is 0. The van der Waals surface area contributed by atoms with E-state index in [-0.39, 0.29) is 5.75 Å². The van der Waals surface area contributed by atoms with Crippen LogP contribution in [-0.2, 0) is 6.42 Å². The van der Waals surface area contributed by atoms with Gasteiger partial charge in [0.25, 0.3) is 0 Å². The lowest BCUT2D eigenvalue weighted by Gasteiger charge is -2.02. The summed E-state index contributed by atoms with van der Waals surface area (Å²) in [6, 6.07) is 5.28. The molecule has 1 heterocycles. The van der Waals surface area contributed by atoms with Gasteiger partial charge in [0, 0.05) is 17.5 Å². The maximum Gasteiger partial charge on any atom is 0.248 e. The normalized spacial score (nSPS) is 10.8. The van der Waals surface area contributed by atoms with Crippen molar-refractivity contribution < 1.29 is 9.52 Å². The molecule has 19 heavy (non-hydrogen) atoms. The molecule has 0 aliphatic heterocycles. The predicted molar refractivity (Wildman–Crippen MR) is 73.0 cm³/mol. The van der Waals surface area contributed by atoms with Crippen LogP contribution >= 0.6 is 0 Å². The second kappa shape index (κ2) is 6.33. The highest BCUT2D eigenvalue weighted by Crippen LogP contribution is 2.28. The second-order valence-electron chi connectivity index (χ2n) is 4.41. The van der Waals surface area contributed by atoms with Crippen LogP contribution in [0.1, 0.15) is 24.8 Å². The van der Waals surface area contributed by atoms with E-state index >= 15 is 0 Å². The molecule has 102 valence electrons. The van der Waals surface area contributed by atoms with Gasteiger partial charge in [-0.05, 0) is 38.6 Å². The summed E-state index contributed by atoms with van der Waals surface area (Å²) < 4.78 is 5.62. The first-order valence-corrected chi connectivity index (χ1v) is 6.54. The highest BCUT2D eigenvalue weighted by molar-refractivity contribution is 5.61. The third kappa shape index (κ3) is 3.32. The zero-order chi connectivity index (χ0) is 13.7. The molecule has 0 radical (unpaired) electrons. The minimum Gasteiger partial charge on any atom is -0.508 e. The number of aromatic hydroxyl groups is 1. The Bertz CT molecular complexity index is 537. The standard InChI is InChI=1S/C14H19N3O2/c1-3-15-9-5-8-13-16-17-14(19-13)11-6-4-7-12(18)10(11)2/h4,6-7,15,18H,3,5,8-9H2,1-2H3. The van der Waals surface area contributed by atoms with E-state index in [0.29, 0.717) is 11.8 Å². The fourth-order valence-corrected chi connectivity index (χ4v) is 1.86. The van der Waals surface area contributed by atoms with Crippen molar-refractivity contribution in [1.82, 2.24) is 15.5 Å². The van der Waals surface area contributed by atoms with Gasteiger partial charge in [0.1, 0.15) is 5.75 Å². The van der Waals surface area contributed by atoms with Crippen LogP contribution in [-0.4, -0.2) is 28.4 Å². The molecule has 0 unspecified atom stereocenters. The third-order valence-electron chi connectivity index (χ3n) is 3.00. The molecule has 1 aromatic heterocycles. The van der Waals surface area contributed by atoms with Crippen LogP contribution in [0, 0.1) is 6.92 Å². The summed E-state index contributed by atoms with van der Waals surface area (Å²) in [5.41, 5.74) is 1.54. The largest absolute Gasteiger partial charge is 0.508 e. The van der Waals surface area contributed by atoms with E-state index in [1.165, 1.54) is 0 Å². The van der Waals surface area contributed by atoms with Gasteiger partial charge < -0.3 is 14.8 Å². The molecular formula is C14H19N3O2. The molecule has 0 saturated carbocycles. The van der Waals surface area contributed by atoms with Crippen LogP contribution in [0.3, 0.4) is 0 Å². The van der Waals surface area contributed by atoms with Crippen LogP contribution in [0.25, 0.3) is 11.5 Å². The molecular weight excluding hydrogens is 242 g/mol. The Kier molecular flexibility index (Phi) is 4.52. The van der Waals surface area contributed by atoms with E-state index in [1.807, 2.05) is 13.0 Å². The minimum atomic E-state index is 0.240. The predicted octanol–water partition coefficient (Wildman–Crippen LogP) is 2.29. The lowest BCUT2D eigenvalue weighted by atomic mass is 10.1. The van der Waals surface area contributed by atoms with Crippen molar-refractivity contribution in [2.45, 2.75) is 26.7 Å². The Morgan fingerprint density at radius 1 is 1.32 bits per heavy atom. The van der Waals surface area contributed by atoms with E-state index in [2.05, 4.69) is 22.4 Å². The highest BCUT2D eigenvalue weighted by Gasteiger charge is 2.12. The molecule has 0 bridgehead atoms. The van der Waals surface area contributed by atoms with Crippen LogP contribution in [0.2, 0.25) is 0 Å². The molecule has 0 amide bonds. The minimum absolute atomic E-state index is 0.240. The summed E-state index contributed by atoms with van der Waals surface area (Å²) in [5, 5.41) is 21.0. The molecule has 2 rings (SSSR count). The smallest absolute Gasteiger partial charge is 0.248 e. The molecule has 0 atom stereocenters. The Balaban J connectivity index is 2.06. The number of hydrogen-bond acceptors (Lipinski definition) is 5. The first-order chi connectivity index (χ1) is 9.22. The van der Waals surface area contributed by atoms with Gasteiger partial charge in [0.05, 0.1) is 0 Å².